The molecule has 0 bridgehead atoms. The third-order valence-corrected chi connectivity index (χ3v) is 4.23. The van der Waals surface area contributed by atoms with Crippen molar-refractivity contribution in [2.75, 3.05) is 6.54 Å². The van der Waals surface area contributed by atoms with E-state index in [1.807, 2.05) is 0 Å². The fraction of sp³-hybridized carbons (Fsp3) is 0.733. The molecule has 1 N–H and O–H groups in total. The molecular formula is C15H23NO3. The van der Waals surface area contributed by atoms with Gasteiger partial charge in [-0.3, -0.25) is 4.79 Å². The molecule has 0 aromatic carbocycles. The highest BCUT2D eigenvalue weighted by Gasteiger charge is 2.34. The van der Waals surface area contributed by atoms with Crippen LogP contribution in [0.3, 0.4) is 0 Å². The zero-order valence-electron chi connectivity index (χ0n) is 11.6. The first-order valence-corrected chi connectivity index (χ1v) is 7.28. The van der Waals surface area contributed by atoms with Crippen molar-refractivity contribution in [3.05, 3.63) is 11.6 Å². The molecule has 0 saturated carbocycles. The fourth-order valence-electron chi connectivity index (χ4n) is 3.04. The maximum atomic E-state index is 12.3. The quantitative estimate of drug-likeness (QED) is 0.798. The maximum absolute atomic E-state index is 12.3. The van der Waals surface area contributed by atoms with Gasteiger partial charge in [0.05, 0.1) is 0 Å². The smallest absolute Gasteiger partial charge is 0.326 e. The molecule has 0 radical (unpaired) electrons. The van der Waals surface area contributed by atoms with Gasteiger partial charge < -0.3 is 10.0 Å². The highest BCUT2D eigenvalue weighted by molar-refractivity contribution is 5.85. The van der Waals surface area contributed by atoms with E-state index >= 15 is 0 Å². The first kappa shape index (κ1) is 14.1. The largest absolute Gasteiger partial charge is 0.480 e. The molecule has 2 atom stereocenters. The van der Waals surface area contributed by atoms with Crippen molar-refractivity contribution in [2.24, 2.45) is 5.92 Å². The van der Waals surface area contributed by atoms with E-state index in [-0.39, 0.29) is 5.91 Å². The summed E-state index contributed by atoms with van der Waals surface area (Å²) in [7, 11) is 0. The number of carbonyl (C=O) groups is 2. The number of amides is 1. The summed E-state index contributed by atoms with van der Waals surface area (Å²) in [6.45, 7) is 2.64. The first-order valence-electron chi connectivity index (χ1n) is 7.28. The van der Waals surface area contributed by atoms with Crippen LogP contribution in [0.15, 0.2) is 11.6 Å². The molecule has 19 heavy (non-hydrogen) atoms. The number of rotatable bonds is 3. The molecule has 0 aromatic rings. The number of hydrogen-bond acceptors (Lipinski definition) is 2. The number of carboxylic acids is 1. The molecular weight excluding hydrogens is 242 g/mol. The number of nitrogens with zero attached hydrogens (tertiary/aromatic N) is 1. The van der Waals surface area contributed by atoms with Gasteiger partial charge in [-0.15, -0.1) is 0 Å². The highest BCUT2D eigenvalue weighted by Crippen LogP contribution is 2.26. The standard InChI is InChI=1S/C15H23NO3/c1-11-7-8-16(13(9-11)15(18)19)14(17)10-12-5-3-2-4-6-12/h5,11,13H,2-4,6-10H2,1H3,(H,18,19). The van der Waals surface area contributed by atoms with Gasteiger partial charge in [-0.25, -0.2) is 4.79 Å². The van der Waals surface area contributed by atoms with Crippen LogP contribution in [0.5, 0.6) is 0 Å². The van der Waals surface area contributed by atoms with Gasteiger partial charge >= 0.3 is 5.97 Å². The lowest BCUT2D eigenvalue weighted by Gasteiger charge is -2.36. The van der Waals surface area contributed by atoms with Gasteiger partial charge in [0.2, 0.25) is 5.91 Å². The Labute approximate surface area is 114 Å². The predicted octanol–water partition coefficient (Wildman–Crippen LogP) is 2.59. The van der Waals surface area contributed by atoms with Crippen molar-refractivity contribution in [3.63, 3.8) is 0 Å². The Morgan fingerprint density at radius 2 is 2.21 bits per heavy atom. The second-order valence-corrected chi connectivity index (χ2v) is 5.86. The summed E-state index contributed by atoms with van der Waals surface area (Å²) in [5.41, 5.74) is 1.19. The number of allylic oxidation sites excluding steroid dienone is 1. The van der Waals surface area contributed by atoms with E-state index < -0.39 is 12.0 Å². The second kappa shape index (κ2) is 6.22. The Hall–Kier alpha value is -1.32. The number of likely N-dealkylation sites (tertiary alicyclic amines) is 1. The number of carboxylic acid groups (broad SMARTS) is 1. The molecule has 106 valence electrons. The molecule has 4 nitrogen and oxygen atoms in total. The van der Waals surface area contributed by atoms with Crippen LogP contribution < -0.4 is 0 Å². The van der Waals surface area contributed by atoms with Crippen LogP contribution in [0, 0.1) is 5.92 Å². The highest BCUT2D eigenvalue weighted by atomic mass is 16.4. The van der Waals surface area contributed by atoms with E-state index in [1.54, 1.807) is 4.90 Å². The van der Waals surface area contributed by atoms with Crippen molar-refractivity contribution >= 4 is 11.9 Å². The summed E-state index contributed by atoms with van der Waals surface area (Å²) in [4.78, 5) is 25.2. The van der Waals surface area contributed by atoms with E-state index in [9.17, 15) is 14.7 Å². The summed E-state index contributed by atoms with van der Waals surface area (Å²) < 4.78 is 0. The molecule has 1 amide bonds. The number of carbonyl (C=O) groups excluding carboxylic acids is 1. The Bertz CT molecular complexity index is 389. The topological polar surface area (TPSA) is 57.6 Å². The SMILES string of the molecule is CC1CCN(C(=O)CC2=CCCCC2)C(C(=O)O)C1. The monoisotopic (exact) mass is 265 g/mol. The van der Waals surface area contributed by atoms with E-state index in [4.69, 9.17) is 0 Å². The molecule has 4 heteroatoms. The van der Waals surface area contributed by atoms with Crippen LogP contribution in [0.1, 0.15) is 51.9 Å². The Kier molecular flexibility index (Phi) is 4.61. The van der Waals surface area contributed by atoms with E-state index in [1.165, 1.54) is 12.0 Å². The lowest BCUT2D eigenvalue weighted by molar-refractivity contribution is -0.152. The summed E-state index contributed by atoms with van der Waals surface area (Å²) in [6.07, 6.45) is 8.47. The molecule has 1 fully saturated rings. The van der Waals surface area contributed by atoms with E-state index in [0.717, 1.165) is 25.7 Å². The number of piperidine rings is 1. The van der Waals surface area contributed by atoms with Gasteiger partial charge in [0.1, 0.15) is 6.04 Å². The average molecular weight is 265 g/mol. The normalized spacial score (nSPS) is 27.8. The van der Waals surface area contributed by atoms with Crippen LogP contribution in [-0.4, -0.2) is 34.5 Å². The Balaban J connectivity index is 2.00. The maximum Gasteiger partial charge on any atom is 0.326 e. The molecule has 1 saturated heterocycles. The summed E-state index contributed by atoms with van der Waals surface area (Å²) >= 11 is 0. The van der Waals surface area contributed by atoms with Gasteiger partial charge in [0, 0.05) is 13.0 Å². The van der Waals surface area contributed by atoms with Crippen molar-refractivity contribution in [2.45, 2.75) is 57.9 Å². The van der Waals surface area contributed by atoms with E-state index in [0.29, 0.717) is 25.3 Å². The van der Waals surface area contributed by atoms with Gasteiger partial charge in [-0.2, -0.15) is 0 Å². The zero-order valence-corrected chi connectivity index (χ0v) is 11.6. The molecule has 2 aliphatic rings. The van der Waals surface area contributed by atoms with Crippen LogP contribution in [0.25, 0.3) is 0 Å². The average Bonchev–Trinajstić information content (AvgIpc) is 2.39. The third kappa shape index (κ3) is 3.58. The second-order valence-electron chi connectivity index (χ2n) is 5.86. The van der Waals surface area contributed by atoms with Crippen LogP contribution in [0.2, 0.25) is 0 Å². The fourth-order valence-corrected chi connectivity index (χ4v) is 3.04. The van der Waals surface area contributed by atoms with Crippen LogP contribution in [-0.2, 0) is 9.59 Å². The zero-order chi connectivity index (χ0) is 13.8. The molecule has 1 aliphatic heterocycles. The van der Waals surface area contributed by atoms with Crippen molar-refractivity contribution < 1.29 is 14.7 Å². The minimum atomic E-state index is -0.863. The Morgan fingerprint density at radius 3 is 2.84 bits per heavy atom. The van der Waals surface area contributed by atoms with E-state index in [2.05, 4.69) is 13.0 Å². The molecule has 0 aromatic heterocycles. The van der Waals surface area contributed by atoms with Crippen molar-refractivity contribution in [1.29, 1.82) is 0 Å². The summed E-state index contributed by atoms with van der Waals surface area (Å²) in [5.74, 6) is -0.482. The number of hydrogen-bond donors (Lipinski definition) is 1. The third-order valence-electron chi connectivity index (χ3n) is 4.23. The van der Waals surface area contributed by atoms with Crippen molar-refractivity contribution in [1.82, 2.24) is 4.90 Å². The lowest BCUT2D eigenvalue weighted by atomic mass is 9.91. The molecule has 0 spiro atoms. The van der Waals surface area contributed by atoms with Gasteiger partial charge in [-0.05, 0) is 44.4 Å². The predicted molar refractivity (Wildman–Crippen MR) is 72.7 cm³/mol. The summed E-state index contributed by atoms with van der Waals surface area (Å²) in [5, 5.41) is 9.27. The number of aliphatic carboxylic acids is 1. The minimum Gasteiger partial charge on any atom is -0.480 e. The van der Waals surface area contributed by atoms with Gasteiger partial charge in [0.25, 0.3) is 0 Å². The minimum absolute atomic E-state index is 0.00699. The van der Waals surface area contributed by atoms with Gasteiger partial charge in [0.15, 0.2) is 0 Å². The van der Waals surface area contributed by atoms with Crippen LogP contribution in [0.4, 0.5) is 0 Å². The lowest BCUT2D eigenvalue weighted by Crippen LogP contribution is -2.49. The molecule has 2 rings (SSSR count). The van der Waals surface area contributed by atoms with Crippen LogP contribution >= 0.6 is 0 Å². The molecule has 2 unspecified atom stereocenters. The van der Waals surface area contributed by atoms with Crippen molar-refractivity contribution in [3.8, 4) is 0 Å². The molecule has 1 aliphatic carbocycles. The summed E-state index contributed by atoms with van der Waals surface area (Å²) in [6, 6.07) is -0.625. The Morgan fingerprint density at radius 1 is 1.42 bits per heavy atom. The van der Waals surface area contributed by atoms with Gasteiger partial charge in [-0.1, -0.05) is 18.6 Å². The molecule has 1 heterocycles. The first-order chi connectivity index (χ1) is 9.08.